The van der Waals surface area contributed by atoms with E-state index in [1.807, 2.05) is 6.07 Å². The minimum Gasteiger partial charge on any atom is -0.343 e. The van der Waals surface area contributed by atoms with Crippen molar-refractivity contribution in [1.82, 2.24) is 20.4 Å². The molecule has 0 bridgehead atoms. The zero-order valence-corrected chi connectivity index (χ0v) is 13.3. The number of hydrogen-bond donors (Lipinski definition) is 1. The molecule has 0 saturated carbocycles. The molecule has 0 fully saturated rings. The fourth-order valence-electron chi connectivity index (χ4n) is 1.94. The van der Waals surface area contributed by atoms with E-state index in [9.17, 15) is 4.79 Å². The molecule has 1 amide bonds. The van der Waals surface area contributed by atoms with Crippen LogP contribution in [0.4, 0.5) is 0 Å². The number of halogens is 1. The van der Waals surface area contributed by atoms with Gasteiger partial charge in [0.2, 0.25) is 17.6 Å². The van der Waals surface area contributed by atoms with Crippen molar-refractivity contribution in [2.75, 3.05) is 0 Å². The summed E-state index contributed by atoms with van der Waals surface area (Å²) in [5.74, 6) is 0.485. The normalized spacial score (nSPS) is 10.9. The van der Waals surface area contributed by atoms with E-state index in [1.165, 1.54) is 6.08 Å². The van der Waals surface area contributed by atoms with Crippen molar-refractivity contribution in [1.29, 1.82) is 0 Å². The van der Waals surface area contributed by atoms with E-state index in [0.29, 0.717) is 16.7 Å². The van der Waals surface area contributed by atoms with Crippen molar-refractivity contribution in [3.05, 3.63) is 71.3 Å². The summed E-state index contributed by atoms with van der Waals surface area (Å²) in [6.45, 7) is 0.146. The van der Waals surface area contributed by atoms with Gasteiger partial charge in [-0.05, 0) is 35.9 Å². The predicted octanol–water partition coefficient (Wildman–Crippen LogP) is 3.11. The lowest BCUT2D eigenvalue weighted by Gasteiger charge is -1.97. The van der Waals surface area contributed by atoms with E-state index in [0.717, 1.165) is 11.1 Å². The number of amides is 1. The third-order valence-electron chi connectivity index (χ3n) is 3.10. The molecule has 3 rings (SSSR count). The molecule has 0 aliphatic heterocycles. The lowest BCUT2D eigenvalue weighted by atomic mass is 10.2. The largest absolute Gasteiger partial charge is 0.343 e. The number of rotatable bonds is 5. The van der Waals surface area contributed by atoms with Gasteiger partial charge in [-0.1, -0.05) is 28.9 Å². The Bertz CT molecular complexity index is 862. The Labute approximate surface area is 143 Å². The molecular formula is C17H13ClN4O2. The summed E-state index contributed by atoms with van der Waals surface area (Å²) in [7, 11) is 0. The van der Waals surface area contributed by atoms with Crippen LogP contribution in [-0.2, 0) is 11.3 Å². The summed E-state index contributed by atoms with van der Waals surface area (Å²) in [6.07, 6.45) is 6.45. The number of pyridine rings is 1. The summed E-state index contributed by atoms with van der Waals surface area (Å²) in [5, 5.41) is 7.15. The Morgan fingerprint density at radius 3 is 2.88 bits per heavy atom. The SMILES string of the molecule is O=C(C=Cc1ccncc1)NCc1nc(-c2cccc(Cl)c2)no1. The lowest BCUT2D eigenvalue weighted by molar-refractivity contribution is -0.116. The van der Waals surface area contributed by atoms with Gasteiger partial charge < -0.3 is 9.84 Å². The van der Waals surface area contributed by atoms with Gasteiger partial charge in [0.05, 0.1) is 6.54 Å². The number of nitrogens with one attached hydrogen (secondary N) is 1. The molecule has 0 atom stereocenters. The number of carbonyl (C=O) groups excluding carboxylic acids is 1. The number of aromatic nitrogens is 3. The minimum absolute atomic E-state index is 0.146. The second-order valence-corrected chi connectivity index (χ2v) is 5.29. The molecule has 120 valence electrons. The zero-order valence-electron chi connectivity index (χ0n) is 12.5. The number of nitrogens with zero attached hydrogens (tertiary/aromatic N) is 3. The van der Waals surface area contributed by atoms with Gasteiger partial charge in [-0.15, -0.1) is 0 Å². The Morgan fingerprint density at radius 1 is 1.25 bits per heavy atom. The Kier molecular flexibility index (Phi) is 4.98. The van der Waals surface area contributed by atoms with Crippen LogP contribution in [0.25, 0.3) is 17.5 Å². The molecule has 0 aliphatic carbocycles. The first-order valence-electron chi connectivity index (χ1n) is 7.15. The lowest BCUT2D eigenvalue weighted by Crippen LogP contribution is -2.20. The summed E-state index contributed by atoms with van der Waals surface area (Å²) in [6, 6.07) is 10.8. The molecule has 0 saturated heterocycles. The Balaban J connectivity index is 1.57. The van der Waals surface area contributed by atoms with E-state index in [-0.39, 0.29) is 12.5 Å². The molecule has 24 heavy (non-hydrogen) atoms. The van der Waals surface area contributed by atoms with Crippen molar-refractivity contribution in [2.24, 2.45) is 0 Å². The summed E-state index contributed by atoms with van der Waals surface area (Å²) < 4.78 is 5.12. The highest BCUT2D eigenvalue weighted by Crippen LogP contribution is 2.19. The molecular weight excluding hydrogens is 328 g/mol. The zero-order chi connectivity index (χ0) is 16.8. The van der Waals surface area contributed by atoms with Crippen LogP contribution in [-0.4, -0.2) is 21.0 Å². The first kappa shape index (κ1) is 15.9. The molecule has 0 unspecified atom stereocenters. The first-order chi connectivity index (χ1) is 11.7. The maximum absolute atomic E-state index is 11.8. The number of carbonyl (C=O) groups is 1. The molecule has 2 aromatic heterocycles. The molecule has 6 nitrogen and oxygen atoms in total. The fourth-order valence-corrected chi connectivity index (χ4v) is 2.13. The van der Waals surface area contributed by atoms with Crippen LogP contribution in [0.1, 0.15) is 11.5 Å². The Hall–Kier alpha value is -2.99. The van der Waals surface area contributed by atoms with Gasteiger partial charge in [0.25, 0.3) is 0 Å². The van der Waals surface area contributed by atoms with Crippen molar-refractivity contribution < 1.29 is 9.32 Å². The average Bonchev–Trinajstić information content (AvgIpc) is 3.08. The topological polar surface area (TPSA) is 80.9 Å². The van der Waals surface area contributed by atoms with E-state index in [2.05, 4.69) is 20.4 Å². The van der Waals surface area contributed by atoms with Gasteiger partial charge in [-0.3, -0.25) is 9.78 Å². The Morgan fingerprint density at radius 2 is 2.08 bits per heavy atom. The van der Waals surface area contributed by atoms with Crippen LogP contribution < -0.4 is 5.32 Å². The van der Waals surface area contributed by atoms with E-state index >= 15 is 0 Å². The van der Waals surface area contributed by atoms with Crippen LogP contribution in [0.3, 0.4) is 0 Å². The summed E-state index contributed by atoms with van der Waals surface area (Å²) >= 11 is 5.93. The first-order valence-corrected chi connectivity index (χ1v) is 7.53. The molecule has 1 N–H and O–H groups in total. The van der Waals surface area contributed by atoms with E-state index < -0.39 is 0 Å². The van der Waals surface area contributed by atoms with Crippen molar-refractivity contribution in [3.63, 3.8) is 0 Å². The maximum Gasteiger partial charge on any atom is 0.246 e. The van der Waals surface area contributed by atoms with Gasteiger partial charge in [0.1, 0.15) is 0 Å². The standard InChI is InChI=1S/C17H13ClN4O2/c18-14-3-1-2-13(10-14)17-21-16(24-22-17)11-20-15(23)5-4-12-6-8-19-9-7-12/h1-10H,11H2,(H,20,23). The van der Waals surface area contributed by atoms with Gasteiger partial charge >= 0.3 is 0 Å². The third kappa shape index (κ3) is 4.27. The van der Waals surface area contributed by atoms with Crippen LogP contribution in [0, 0.1) is 0 Å². The predicted molar refractivity (Wildman–Crippen MR) is 89.9 cm³/mol. The average molecular weight is 341 g/mol. The van der Waals surface area contributed by atoms with Crippen LogP contribution >= 0.6 is 11.6 Å². The second kappa shape index (κ2) is 7.52. The van der Waals surface area contributed by atoms with Gasteiger partial charge in [0.15, 0.2) is 0 Å². The molecule has 7 heteroatoms. The highest BCUT2D eigenvalue weighted by atomic mass is 35.5. The van der Waals surface area contributed by atoms with Crippen molar-refractivity contribution >= 4 is 23.6 Å². The smallest absolute Gasteiger partial charge is 0.246 e. The summed E-state index contributed by atoms with van der Waals surface area (Å²) in [4.78, 5) is 19.9. The molecule has 0 aliphatic rings. The number of benzene rings is 1. The van der Waals surface area contributed by atoms with Crippen LogP contribution in [0.5, 0.6) is 0 Å². The highest BCUT2D eigenvalue weighted by Gasteiger charge is 2.09. The van der Waals surface area contributed by atoms with Crippen LogP contribution in [0.2, 0.25) is 5.02 Å². The van der Waals surface area contributed by atoms with Crippen molar-refractivity contribution in [2.45, 2.75) is 6.54 Å². The molecule has 2 heterocycles. The van der Waals surface area contributed by atoms with Crippen LogP contribution in [0.15, 0.2) is 59.4 Å². The van der Waals surface area contributed by atoms with Gasteiger partial charge in [-0.2, -0.15) is 4.98 Å². The van der Waals surface area contributed by atoms with E-state index in [1.54, 1.807) is 48.8 Å². The molecule has 0 spiro atoms. The number of hydrogen-bond acceptors (Lipinski definition) is 5. The highest BCUT2D eigenvalue weighted by molar-refractivity contribution is 6.30. The molecule has 3 aromatic rings. The molecule has 1 aromatic carbocycles. The quantitative estimate of drug-likeness (QED) is 0.722. The van der Waals surface area contributed by atoms with Crippen molar-refractivity contribution in [3.8, 4) is 11.4 Å². The monoisotopic (exact) mass is 340 g/mol. The fraction of sp³-hybridized carbons (Fsp3) is 0.0588. The molecule has 0 radical (unpaired) electrons. The third-order valence-corrected chi connectivity index (χ3v) is 3.33. The minimum atomic E-state index is -0.255. The summed E-state index contributed by atoms with van der Waals surface area (Å²) in [5.41, 5.74) is 1.64. The van der Waals surface area contributed by atoms with Gasteiger partial charge in [0, 0.05) is 29.1 Å². The van der Waals surface area contributed by atoms with E-state index in [4.69, 9.17) is 16.1 Å². The second-order valence-electron chi connectivity index (χ2n) is 4.85. The van der Waals surface area contributed by atoms with Gasteiger partial charge in [-0.25, -0.2) is 0 Å². The maximum atomic E-state index is 11.8.